The predicted octanol–water partition coefficient (Wildman–Crippen LogP) is 0.324. The van der Waals surface area contributed by atoms with E-state index in [1.807, 2.05) is 27.7 Å². The number of aromatic nitrogens is 2. The molecule has 2 N–H and O–H groups in total. The number of carbonyl (C=O) groups is 1. The zero-order valence-corrected chi connectivity index (χ0v) is 13.8. The average Bonchev–Trinajstić information content (AvgIpc) is 2.64. The lowest BCUT2D eigenvalue weighted by Gasteiger charge is -2.32. The second kappa shape index (κ2) is 6.22. The first kappa shape index (κ1) is 16.7. The van der Waals surface area contributed by atoms with E-state index >= 15 is 0 Å². The van der Waals surface area contributed by atoms with Crippen LogP contribution in [-0.2, 0) is 14.1 Å². The molecule has 1 amide bonds. The first-order chi connectivity index (χ1) is 10.2. The van der Waals surface area contributed by atoms with Crippen molar-refractivity contribution in [2.75, 3.05) is 18.4 Å². The lowest BCUT2D eigenvalue weighted by atomic mass is 9.81. The number of amides is 1. The summed E-state index contributed by atoms with van der Waals surface area (Å²) in [6.07, 6.45) is 3.38. The summed E-state index contributed by atoms with van der Waals surface area (Å²) in [7, 11) is -0.460. The Morgan fingerprint density at radius 2 is 1.68 bits per heavy atom. The molecule has 1 aliphatic heterocycles. The molecule has 2 rings (SSSR count). The molecule has 2 heterocycles. The van der Waals surface area contributed by atoms with Gasteiger partial charge in [-0.3, -0.25) is 4.79 Å². The number of hydrogen-bond donors (Lipinski definition) is 2. The van der Waals surface area contributed by atoms with E-state index in [2.05, 4.69) is 20.6 Å². The van der Waals surface area contributed by atoms with E-state index in [4.69, 9.17) is 9.31 Å². The molecule has 1 fully saturated rings. The molecule has 0 spiro atoms. The van der Waals surface area contributed by atoms with Gasteiger partial charge in [-0.1, -0.05) is 0 Å². The van der Waals surface area contributed by atoms with Crippen molar-refractivity contribution in [1.82, 2.24) is 15.3 Å². The summed E-state index contributed by atoms with van der Waals surface area (Å²) >= 11 is 0. The van der Waals surface area contributed by atoms with Crippen molar-refractivity contribution in [2.24, 2.45) is 0 Å². The monoisotopic (exact) mass is 306 g/mol. The third-order valence-electron chi connectivity index (χ3n) is 3.98. The third-order valence-corrected chi connectivity index (χ3v) is 3.98. The van der Waals surface area contributed by atoms with Crippen LogP contribution < -0.4 is 16.1 Å². The Bertz CT molecular complexity index is 517. The van der Waals surface area contributed by atoms with Gasteiger partial charge in [0.05, 0.1) is 11.2 Å². The van der Waals surface area contributed by atoms with Gasteiger partial charge in [-0.05, 0) is 27.7 Å². The van der Waals surface area contributed by atoms with Crippen molar-refractivity contribution in [1.29, 1.82) is 0 Å². The normalized spacial score (nSPS) is 19.0. The van der Waals surface area contributed by atoms with Gasteiger partial charge in [0.25, 0.3) is 0 Å². The molecule has 1 aliphatic rings. The van der Waals surface area contributed by atoms with Crippen LogP contribution in [0.2, 0.25) is 0 Å². The summed E-state index contributed by atoms with van der Waals surface area (Å²) < 4.78 is 11.9. The van der Waals surface area contributed by atoms with Crippen LogP contribution in [-0.4, -0.2) is 47.3 Å². The first-order valence-electron chi connectivity index (χ1n) is 7.37. The maximum atomic E-state index is 10.8. The molecule has 1 aromatic rings. The van der Waals surface area contributed by atoms with Gasteiger partial charge in [0.1, 0.15) is 0 Å². The molecule has 0 aromatic carbocycles. The van der Waals surface area contributed by atoms with Crippen molar-refractivity contribution >= 4 is 24.4 Å². The smallest absolute Gasteiger partial charge is 0.399 e. The molecule has 22 heavy (non-hydrogen) atoms. The van der Waals surface area contributed by atoms with E-state index in [1.165, 1.54) is 6.92 Å². The van der Waals surface area contributed by atoms with E-state index in [-0.39, 0.29) is 17.1 Å². The Morgan fingerprint density at radius 3 is 2.18 bits per heavy atom. The molecule has 1 aromatic heterocycles. The molecular weight excluding hydrogens is 283 g/mol. The van der Waals surface area contributed by atoms with Crippen LogP contribution in [0.15, 0.2) is 12.4 Å². The molecule has 0 unspecified atom stereocenters. The fourth-order valence-corrected chi connectivity index (χ4v) is 1.94. The molecule has 120 valence electrons. The second-order valence-electron chi connectivity index (χ2n) is 6.34. The highest BCUT2D eigenvalue weighted by Crippen LogP contribution is 2.36. The fourth-order valence-electron chi connectivity index (χ4n) is 1.94. The van der Waals surface area contributed by atoms with Gasteiger partial charge >= 0.3 is 7.12 Å². The number of nitrogens with zero attached hydrogens (tertiary/aromatic N) is 2. The van der Waals surface area contributed by atoms with Gasteiger partial charge < -0.3 is 19.9 Å². The minimum atomic E-state index is -0.460. The number of nitrogens with one attached hydrogen (secondary N) is 2. The number of anilines is 1. The predicted molar refractivity (Wildman–Crippen MR) is 84.9 cm³/mol. The minimum absolute atomic E-state index is 0.0566. The zero-order valence-electron chi connectivity index (χ0n) is 13.8. The SMILES string of the molecule is CC(=O)NCCNc1ncc(B2OC(C)(C)C(C)(C)O2)cn1. The Morgan fingerprint density at radius 1 is 1.14 bits per heavy atom. The van der Waals surface area contributed by atoms with Gasteiger partial charge in [0.15, 0.2) is 0 Å². The molecular formula is C14H23BN4O3. The Kier molecular flexibility index (Phi) is 4.72. The van der Waals surface area contributed by atoms with Crippen LogP contribution in [0.1, 0.15) is 34.6 Å². The van der Waals surface area contributed by atoms with Crippen LogP contribution in [0.4, 0.5) is 5.95 Å². The largest absolute Gasteiger partial charge is 0.498 e. The molecule has 0 aliphatic carbocycles. The topological polar surface area (TPSA) is 85.4 Å². The van der Waals surface area contributed by atoms with Crippen LogP contribution in [0.25, 0.3) is 0 Å². The lowest BCUT2D eigenvalue weighted by molar-refractivity contribution is -0.118. The maximum Gasteiger partial charge on any atom is 0.498 e. The second-order valence-corrected chi connectivity index (χ2v) is 6.34. The summed E-state index contributed by atoms with van der Waals surface area (Å²) in [5.74, 6) is 0.449. The van der Waals surface area contributed by atoms with Crippen molar-refractivity contribution < 1.29 is 14.1 Å². The van der Waals surface area contributed by atoms with Gasteiger partial charge in [-0.2, -0.15) is 0 Å². The standard InChI is InChI=1S/C14H23BN4O3/c1-10(20)16-6-7-17-12-18-8-11(9-19-12)15-21-13(2,3)14(4,5)22-15/h8-9H,6-7H2,1-5H3,(H,16,20)(H,17,18,19). The molecule has 0 saturated carbocycles. The zero-order chi connectivity index (χ0) is 16.4. The molecule has 0 atom stereocenters. The molecule has 7 nitrogen and oxygen atoms in total. The first-order valence-corrected chi connectivity index (χ1v) is 7.37. The Balaban J connectivity index is 1.91. The minimum Gasteiger partial charge on any atom is -0.399 e. The van der Waals surface area contributed by atoms with E-state index in [9.17, 15) is 4.79 Å². The van der Waals surface area contributed by atoms with Crippen LogP contribution in [0.3, 0.4) is 0 Å². The molecule has 0 bridgehead atoms. The highest BCUT2D eigenvalue weighted by atomic mass is 16.7. The average molecular weight is 306 g/mol. The summed E-state index contributed by atoms with van der Waals surface area (Å²) in [6.45, 7) is 10.6. The summed E-state index contributed by atoms with van der Waals surface area (Å²) in [6, 6.07) is 0. The maximum absolute atomic E-state index is 10.8. The van der Waals surface area contributed by atoms with Gasteiger partial charge in [-0.25, -0.2) is 9.97 Å². The van der Waals surface area contributed by atoms with Gasteiger partial charge in [-0.15, -0.1) is 0 Å². The molecule has 8 heteroatoms. The highest BCUT2D eigenvalue weighted by Gasteiger charge is 2.51. The van der Waals surface area contributed by atoms with E-state index in [0.717, 1.165) is 5.46 Å². The van der Waals surface area contributed by atoms with Crippen LogP contribution in [0.5, 0.6) is 0 Å². The van der Waals surface area contributed by atoms with Crippen molar-refractivity contribution in [3.8, 4) is 0 Å². The molecule has 0 radical (unpaired) electrons. The van der Waals surface area contributed by atoms with Crippen LogP contribution >= 0.6 is 0 Å². The summed E-state index contributed by atoms with van der Waals surface area (Å²) in [5.41, 5.74) is 0.0194. The number of rotatable bonds is 5. The fraction of sp³-hybridized carbons (Fsp3) is 0.643. The quantitative estimate of drug-likeness (QED) is 0.602. The molecule has 1 saturated heterocycles. The van der Waals surface area contributed by atoms with Crippen LogP contribution in [0, 0.1) is 0 Å². The Labute approximate surface area is 131 Å². The number of carbonyl (C=O) groups excluding carboxylic acids is 1. The van der Waals surface area contributed by atoms with Crippen molar-refractivity contribution in [2.45, 2.75) is 45.8 Å². The van der Waals surface area contributed by atoms with E-state index < -0.39 is 7.12 Å². The van der Waals surface area contributed by atoms with Crippen molar-refractivity contribution in [3.05, 3.63) is 12.4 Å². The third kappa shape index (κ3) is 3.75. The van der Waals surface area contributed by atoms with E-state index in [1.54, 1.807) is 12.4 Å². The lowest BCUT2D eigenvalue weighted by Crippen LogP contribution is -2.41. The van der Waals surface area contributed by atoms with E-state index in [0.29, 0.717) is 19.0 Å². The highest BCUT2D eigenvalue weighted by molar-refractivity contribution is 6.61. The number of hydrogen-bond acceptors (Lipinski definition) is 6. The Hall–Kier alpha value is -1.67. The van der Waals surface area contributed by atoms with Gasteiger partial charge in [0.2, 0.25) is 11.9 Å². The van der Waals surface area contributed by atoms with Gasteiger partial charge in [0, 0.05) is 37.9 Å². The summed E-state index contributed by atoms with van der Waals surface area (Å²) in [4.78, 5) is 19.2. The summed E-state index contributed by atoms with van der Waals surface area (Å²) in [5, 5.41) is 5.72. The van der Waals surface area contributed by atoms with Crippen molar-refractivity contribution in [3.63, 3.8) is 0 Å².